The van der Waals surface area contributed by atoms with Crippen molar-refractivity contribution in [3.8, 4) is 11.8 Å². The molecule has 0 amide bonds. The van der Waals surface area contributed by atoms with Gasteiger partial charge in [-0.15, -0.1) is 11.8 Å². The Kier molecular flexibility index (Phi) is 8.33. The molecule has 2 aromatic rings. The second-order valence-electron chi connectivity index (χ2n) is 13.3. The lowest BCUT2D eigenvalue weighted by molar-refractivity contribution is -0.228. The van der Waals surface area contributed by atoms with Gasteiger partial charge in [-0.25, -0.2) is 18.4 Å². The number of rotatable bonds is 7. The Hall–Kier alpha value is -4.01. The number of phenolic OH excluding ortho intramolecular Hbond substituents is 1. The van der Waals surface area contributed by atoms with Crippen LogP contribution in [0.4, 0.5) is 8.78 Å². The quantitative estimate of drug-likeness (QED) is 0.272. The first-order valence-corrected chi connectivity index (χ1v) is 16.5. The summed E-state index contributed by atoms with van der Waals surface area (Å²) in [5, 5.41) is 30.3. The third-order valence-corrected chi connectivity index (χ3v) is 12.1. The number of ketones is 1. The molecule has 3 saturated carbocycles. The fourth-order valence-corrected chi connectivity index (χ4v) is 9.47. The Bertz CT molecular complexity index is 1700. The van der Waals surface area contributed by atoms with E-state index in [4.69, 9.17) is 14.7 Å². The summed E-state index contributed by atoms with van der Waals surface area (Å²) in [4.78, 5) is 40.6. The number of carbonyl (C=O) groups excluding carboxylic acids is 3. The average molecular weight is 664 g/mol. The number of aliphatic hydroxyl groups excluding tert-OH is 1. The molecule has 11 heteroatoms. The standard InChI is InChI=1S/C36H35F2NO7S/c1-33-13-11-24(41)17-28(33)29(37)18-27-26-12-14-35(32(44)45-16-15-39,34(26,2)19-30(42)36(27,33)38)46-31(43)22-5-3-21(4-6-22)20-47-25-9-7-23(40)8-10-25/h3-11,13,17,26-27,29-30,40,42H,12,14,16,18-20H2,1-2H3/t26-,27-,29-,30-,33-,34-,35?,36?/m0/s1. The van der Waals surface area contributed by atoms with Crippen LogP contribution in [-0.2, 0) is 24.8 Å². The van der Waals surface area contributed by atoms with Crippen LogP contribution in [0.1, 0.15) is 55.5 Å². The molecular formula is C36H35F2NO7S. The molecule has 8 nitrogen and oxygen atoms in total. The number of hydrogen-bond acceptors (Lipinski definition) is 9. The van der Waals surface area contributed by atoms with Crippen LogP contribution in [0.15, 0.2) is 77.2 Å². The summed E-state index contributed by atoms with van der Waals surface area (Å²) in [6, 6.07) is 15.2. The van der Waals surface area contributed by atoms with Gasteiger partial charge in [0.1, 0.15) is 18.0 Å². The van der Waals surface area contributed by atoms with E-state index >= 15 is 8.78 Å². The Morgan fingerprint density at radius 1 is 1.11 bits per heavy atom. The predicted molar refractivity (Wildman–Crippen MR) is 167 cm³/mol. The number of alkyl halides is 2. The molecule has 2 aromatic carbocycles. The molecule has 3 fully saturated rings. The number of phenols is 1. The zero-order valence-corrected chi connectivity index (χ0v) is 26.8. The van der Waals surface area contributed by atoms with Crippen molar-refractivity contribution < 1.29 is 42.9 Å². The molecule has 6 rings (SSSR count). The molecule has 0 bridgehead atoms. The minimum atomic E-state index is -2.37. The van der Waals surface area contributed by atoms with E-state index in [0.29, 0.717) is 5.75 Å². The molecule has 2 N–H and O–H groups in total. The van der Waals surface area contributed by atoms with Crippen LogP contribution in [0.25, 0.3) is 0 Å². The molecule has 0 heterocycles. The normalized spacial score (nSPS) is 35.5. The van der Waals surface area contributed by atoms with Gasteiger partial charge in [0.05, 0.1) is 11.7 Å². The molecule has 8 atom stereocenters. The number of carbonyl (C=O) groups is 3. The second kappa shape index (κ2) is 11.9. The number of fused-ring (bicyclic) bond motifs is 5. The summed E-state index contributed by atoms with van der Waals surface area (Å²) in [7, 11) is 0. The number of nitrogens with zero attached hydrogens (tertiary/aromatic N) is 1. The molecule has 0 radical (unpaired) electrons. The fraction of sp³-hybridized carbons (Fsp3) is 0.444. The van der Waals surface area contributed by atoms with Crippen molar-refractivity contribution in [2.75, 3.05) is 6.61 Å². The molecule has 2 unspecified atom stereocenters. The number of benzene rings is 2. The zero-order chi connectivity index (χ0) is 33.8. The Balaban J connectivity index is 1.29. The first-order valence-electron chi connectivity index (χ1n) is 15.5. The first-order chi connectivity index (χ1) is 22.3. The third kappa shape index (κ3) is 5.08. The van der Waals surface area contributed by atoms with Crippen molar-refractivity contribution >= 4 is 29.5 Å². The highest BCUT2D eigenvalue weighted by molar-refractivity contribution is 7.98. The predicted octanol–water partition coefficient (Wildman–Crippen LogP) is 5.97. The summed E-state index contributed by atoms with van der Waals surface area (Å²) >= 11 is 1.54. The Labute approximate surface area is 275 Å². The average Bonchev–Trinajstić information content (AvgIpc) is 3.34. The first kappa shape index (κ1) is 32.9. The summed E-state index contributed by atoms with van der Waals surface area (Å²) in [6.07, 6.45) is -0.263. The number of hydrogen-bond donors (Lipinski definition) is 2. The van der Waals surface area contributed by atoms with E-state index in [1.54, 1.807) is 73.3 Å². The maximum Gasteiger partial charge on any atom is 0.352 e. The molecule has 0 aromatic heterocycles. The number of aliphatic hydroxyl groups is 1. The summed E-state index contributed by atoms with van der Waals surface area (Å²) in [6.45, 7) is 2.52. The van der Waals surface area contributed by atoms with E-state index in [-0.39, 0.29) is 42.6 Å². The number of aromatic hydroxyl groups is 1. The van der Waals surface area contributed by atoms with Gasteiger partial charge in [-0.3, -0.25) is 4.79 Å². The van der Waals surface area contributed by atoms with Gasteiger partial charge in [-0.1, -0.05) is 25.1 Å². The Morgan fingerprint density at radius 2 is 1.81 bits per heavy atom. The van der Waals surface area contributed by atoms with E-state index in [2.05, 4.69) is 0 Å². The number of allylic oxidation sites excluding steroid dienone is 4. The Morgan fingerprint density at radius 3 is 2.49 bits per heavy atom. The molecule has 0 aliphatic heterocycles. The van der Waals surface area contributed by atoms with Crippen LogP contribution in [-0.4, -0.2) is 58.1 Å². The highest BCUT2D eigenvalue weighted by Gasteiger charge is 2.77. The SMILES string of the molecule is C[C@]12C=CC(=O)C=C1[C@@H](F)C[C@H]1[C@@H]3CCC(OC(=O)c4ccc(CSc5ccc(O)cc5)cc4)(C(=O)OCC#N)[C@@]3(C)C[C@H](O)C12F. The van der Waals surface area contributed by atoms with Crippen molar-refractivity contribution in [1.29, 1.82) is 5.26 Å². The summed E-state index contributed by atoms with van der Waals surface area (Å²) in [5.74, 6) is -3.28. The van der Waals surface area contributed by atoms with Crippen LogP contribution in [0.5, 0.6) is 5.75 Å². The highest BCUT2D eigenvalue weighted by Crippen LogP contribution is 2.70. The van der Waals surface area contributed by atoms with E-state index in [1.165, 1.54) is 19.1 Å². The lowest BCUT2D eigenvalue weighted by atomic mass is 9.44. The number of nitriles is 1. The van der Waals surface area contributed by atoms with Crippen molar-refractivity contribution in [2.24, 2.45) is 22.7 Å². The fourth-order valence-electron chi connectivity index (χ4n) is 8.61. The minimum Gasteiger partial charge on any atom is -0.508 e. The monoisotopic (exact) mass is 663 g/mol. The van der Waals surface area contributed by atoms with Crippen LogP contribution >= 0.6 is 11.8 Å². The van der Waals surface area contributed by atoms with Crippen LogP contribution in [0.3, 0.4) is 0 Å². The molecule has 0 saturated heterocycles. The van der Waals surface area contributed by atoms with Gasteiger partial charge in [0.15, 0.2) is 18.1 Å². The second-order valence-corrected chi connectivity index (χ2v) is 14.4. The van der Waals surface area contributed by atoms with Gasteiger partial charge in [-0.05, 0) is 98.2 Å². The van der Waals surface area contributed by atoms with E-state index in [9.17, 15) is 24.6 Å². The largest absolute Gasteiger partial charge is 0.508 e. The number of thioether (sulfide) groups is 1. The van der Waals surface area contributed by atoms with Gasteiger partial charge >= 0.3 is 11.9 Å². The molecular weight excluding hydrogens is 628 g/mol. The molecule has 246 valence electrons. The van der Waals surface area contributed by atoms with Crippen molar-refractivity contribution in [1.82, 2.24) is 0 Å². The zero-order valence-electron chi connectivity index (χ0n) is 25.9. The van der Waals surface area contributed by atoms with Crippen LogP contribution < -0.4 is 0 Å². The molecule has 47 heavy (non-hydrogen) atoms. The van der Waals surface area contributed by atoms with Crippen LogP contribution in [0, 0.1) is 34.0 Å². The summed E-state index contributed by atoms with van der Waals surface area (Å²) in [5.41, 5.74) is -6.28. The lowest BCUT2D eigenvalue weighted by Crippen LogP contribution is -2.70. The topological polar surface area (TPSA) is 134 Å². The lowest BCUT2D eigenvalue weighted by Gasteiger charge is -2.62. The maximum atomic E-state index is 17.5. The maximum absolute atomic E-state index is 17.5. The van der Waals surface area contributed by atoms with Gasteiger partial charge in [0.25, 0.3) is 0 Å². The number of ether oxygens (including phenoxy) is 2. The van der Waals surface area contributed by atoms with Crippen molar-refractivity contribution in [3.63, 3.8) is 0 Å². The van der Waals surface area contributed by atoms with Gasteiger partial charge in [-0.2, -0.15) is 5.26 Å². The smallest absolute Gasteiger partial charge is 0.352 e. The summed E-state index contributed by atoms with van der Waals surface area (Å²) < 4.78 is 44.7. The molecule has 4 aliphatic carbocycles. The van der Waals surface area contributed by atoms with E-state index < -0.39 is 70.5 Å². The van der Waals surface area contributed by atoms with Crippen molar-refractivity contribution in [3.05, 3.63) is 83.5 Å². The van der Waals surface area contributed by atoms with Crippen LogP contribution in [0.2, 0.25) is 0 Å². The highest BCUT2D eigenvalue weighted by atomic mass is 32.2. The number of esters is 2. The van der Waals surface area contributed by atoms with E-state index in [0.717, 1.165) is 16.5 Å². The third-order valence-electron chi connectivity index (χ3n) is 11.0. The van der Waals surface area contributed by atoms with Gasteiger partial charge in [0, 0.05) is 27.4 Å². The van der Waals surface area contributed by atoms with Crippen molar-refractivity contribution in [2.45, 2.75) is 73.7 Å². The van der Waals surface area contributed by atoms with Gasteiger partial charge in [0.2, 0.25) is 5.60 Å². The molecule has 0 spiro atoms. The molecule has 4 aliphatic rings. The van der Waals surface area contributed by atoms with E-state index in [1.807, 2.05) is 0 Å². The number of halogens is 2. The van der Waals surface area contributed by atoms with Gasteiger partial charge < -0.3 is 19.7 Å². The minimum absolute atomic E-state index is 0.0135.